The molecule has 0 aliphatic heterocycles. The highest BCUT2D eigenvalue weighted by molar-refractivity contribution is 5.85. The van der Waals surface area contributed by atoms with Gasteiger partial charge in [-0.25, -0.2) is 0 Å². The lowest BCUT2D eigenvalue weighted by Crippen LogP contribution is -2.39. The number of rotatable bonds is 7. The van der Waals surface area contributed by atoms with Crippen molar-refractivity contribution in [2.75, 3.05) is 13.1 Å². The van der Waals surface area contributed by atoms with Crippen LogP contribution in [0.3, 0.4) is 0 Å². The van der Waals surface area contributed by atoms with Crippen LogP contribution in [0.2, 0.25) is 0 Å². The number of amides is 2. The number of hydrogen-bond acceptors (Lipinski definition) is 4. The number of ether oxygens (including phenoxy) is 1. The fourth-order valence-corrected chi connectivity index (χ4v) is 2.46. The summed E-state index contributed by atoms with van der Waals surface area (Å²) in [4.78, 5) is 22.7. The Morgan fingerprint density at radius 1 is 1.14 bits per heavy atom. The normalized spacial score (nSPS) is 14.6. The van der Waals surface area contributed by atoms with Gasteiger partial charge >= 0.3 is 0 Å². The predicted octanol–water partition coefficient (Wildman–Crippen LogP) is 0.699. The van der Waals surface area contributed by atoms with Crippen LogP contribution in [-0.4, -0.2) is 31.0 Å². The van der Waals surface area contributed by atoms with Crippen molar-refractivity contribution in [3.05, 3.63) is 29.8 Å². The smallest absolute Gasteiger partial charge is 0.239 e. The summed E-state index contributed by atoms with van der Waals surface area (Å²) in [5.74, 6) is 0.221. The molecule has 1 saturated carbocycles. The molecular formula is C16H23N3O3. The number of carbonyl (C=O) groups is 2. The number of nitrogens with one attached hydrogen (secondary N) is 2. The first-order valence-corrected chi connectivity index (χ1v) is 7.67. The lowest BCUT2D eigenvalue weighted by atomic mass is 10.2. The standard InChI is InChI=1S/C16H23N3O3/c17-9-15(20)19-11-16(21)18-10-12-5-1-4-8-14(12)22-13-6-2-3-7-13/h1,4-5,8,13H,2-3,6-7,9-11,17H2,(H,18,21)(H,19,20). The maximum absolute atomic E-state index is 11.7. The van der Waals surface area contributed by atoms with Gasteiger partial charge in [0.2, 0.25) is 11.8 Å². The van der Waals surface area contributed by atoms with Crippen molar-refractivity contribution in [3.8, 4) is 5.75 Å². The zero-order valence-electron chi connectivity index (χ0n) is 12.6. The Labute approximate surface area is 130 Å². The van der Waals surface area contributed by atoms with Crippen LogP contribution in [0.1, 0.15) is 31.2 Å². The molecule has 0 radical (unpaired) electrons. The molecule has 1 aromatic carbocycles. The van der Waals surface area contributed by atoms with Gasteiger partial charge < -0.3 is 21.1 Å². The summed E-state index contributed by atoms with van der Waals surface area (Å²) in [7, 11) is 0. The molecule has 4 N–H and O–H groups in total. The van der Waals surface area contributed by atoms with Crippen LogP contribution in [0, 0.1) is 0 Å². The van der Waals surface area contributed by atoms with E-state index in [1.807, 2.05) is 24.3 Å². The van der Waals surface area contributed by atoms with Crippen molar-refractivity contribution in [1.82, 2.24) is 10.6 Å². The second-order valence-electron chi connectivity index (χ2n) is 5.39. The van der Waals surface area contributed by atoms with Crippen molar-refractivity contribution >= 4 is 11.8 Å². The number of para-hydroxylation sites is 1. The summed E-state index contributed by atoms with van der Waals surface area (Å²) < 4.78 is 6.02. The first-order valence-electron chi connectivity index (χ1n) is 7.67. The molecule has 0 heterocycles. The molecule has 22 heavy (non-hydrogen) atoms. The molecule has 0 bridgehead atoms. The summed E-state index contributed by atoms with van der Waals surface area (Å²) in [5, 5.41) is 5.20. The summed E-state index contributed by atoms with van der Waals surface area (Å²) in [6.07, 6.45) is 4.88. The molecule has 0 spiro atoms. The average molecular weight is 305 g/mol. The number of nitrogens with two attached hydrogens (primary N) is 1. The Morgan fingerprint density at radius 2 is 1.86 bits per heavy atom. The van der Waals surface area contributed by atoms with Crippen molar-refractivity contribution in [2.24, 2.45) is 5.73 Å². The minimum Gasteiger partial charge on any atom is -0.490 e. The monoisotopic (exact) mass is 305 g/mol. The van der Waals surface area contributed by atoms with E-state index in [0.717, 1.165) is 24.2 Å². The van der Waals surface area contributed by atoms with Crippen molar-refractivity contribution in [1.29, 1.82) is 0 Å². The third kappa shape index (κ3) is 5.04. The topological polar surface area (TPSA) is 93.5 Å². The van der Waals surface area contributed by atoms with E-state index in [-0.39, 0.29) is 31.0 Å². The summed E-state index contributed by atoms with van der Waals surface area (Å²) >= 11 is 0. The highest BCUT2D eigenvalue weighted by atomic mass is 16.5. The molecule has 1 fully saturated rings. The maximum Gasteiger partial charge on any atom is 0.239 e. The van der Waals surface area contributed by atoms with Gasteiger partial charge in [-0.15, -0.1) is 0 Å². The molecule has 6 nitrogen and oxygen atoms in total. The minimum atomic E-state index is -0.347. The largest absolute Gasteiger partial charge is 0.490 e. The Hall–Kier alpha value is -2.08. The van der Waals surface area contributed by atoms with Crippen LogP contribution in [0.4, 0.5) is 0 Å². The zero-order chi connectivity index (χ0) is 15.8. The van der Waals surface area contributed by atoms with Crippen LogP contribution in [0.25, 0.3) is 0 Å². The van der Waals surface area contributed by atoms with E-state index in [0.29, 0.717) is 6.54 Å². The van der Waals surface area contributed by atoms with Crippen LogP contribution >= 0.6 is 0 Å². The number of carbonyl (C=O) groups excluding carboxylic acids is 2. The van der Waals surface area contributed by atoms with Crippen molar-refractivity contribution in [2.45, 2.75) is 38.3 Å². The predicted molar refractivity (Wildman–Crippen MR) is 83.2 cm³/mol. The fourth-order valence-electron chi connectivity index (χ4n) is 2.46. The molecule has 2 rings (SSSR count). The van der Waals surface area contributed by atoms with Crippen LogP contribution in [-0.2, 0) is 16.1 Å². The number of benzene rings is 1. The van der Waals surface area contributed by atoms with Gasteiger partial charge in [-0.1, -0.05) is 18.2 Å². The van der Waals surface area contributed by atoms with Crippen LogP contribution < -0.4 is 21.1 Å². The Bertz CT molecular complexity index is 513. The SMILES string of the molecule is NCC(=O)NCC(=O)NCc1ccccc1OC1CCCC1. The van der Waals surface area contributed by atoms with Crippen LogP contribution in [0.15, 0.2) is 24.3 Å². The van der Waals surface area contributed by atoms with E-state index in [1.54, 1.807) is 0 Å². The zero-order valence-corrected chi connectivity index (χ0v) is 12.6. The van der Waals surface area contributed by atoms with Crippen molar-refractivity contribution < 1.29 is 14.3 Å². The molecule has 0 unspecified atom stereocenters. The lowest BCUT2D eigenvalue weighted by Gasteiger charge is -2.16. The van der Waals surface area contributed by atoms with Gasteiger partial charge in [0.25, 0.3) is 0 Å². The highest BCUT2D eigenvalue weighted by Gasteiger charge is 2.17. The second-order valence-corrected chi connectivity index (χ2v) is 5.39. The van der Waals surface area contributed by atoms with Gasteiger partial charge in [0.05, 0.1) is 19.2 Å². The van der Waals surface area contributed by atoms with Gasteiger partial charge in [-0.05, 0) is 31.7 Å². The van der Waals surface area contributed by atoms with Crippen LogP contribution in [0.5, 0.6) is 5.75 Å². The molecule has 0 atom stereocenters. The quantitative estimate of drug-likeness (QED) is 0.691. The third-order valence-electron chi connectivity index (χ3n) is 3.68. The van der Waals surface area contributed by atoms with Gasteiger partial charge in [-0.3, -0.25) is 9.59 Å². The minimum absolute atomic E-state index is 0.0678. The van der Waals surface area contributed by atoms with E-state index in [2.05, 4.69) is 10.6 Å². The molecule has 0 aromatic heterocycles. The third-order valence-corrected chi connectivity index (χ3v) is 3.68. The summed E-state index contributed by atoms with van der Waals surface area (Å²) in [6, 6.07) is 7.70. The lowest BCUT2D eigenvalue weighted by molar-refractivity contribution is -0.125. The molecule has 2 amide bonds. The molecule has 1 aliphatic carbocycles. The van der Waals surface area contributed by atoms with Crippen molar-refractivity contribution in [3.63, 3.8) is 0 Å². The fraction of sp³-hybridized carbons (Fsp3) is 0.500. The molecule has 1 aliphatic rings. The van der Waals surface area contributed by atoms with E-state index in [9.17, 15) is 9.59 Å². The Balaban J connectivity index is 1.84. The molecular weight excluding hydrogens is 282 g/mol. The molecule has 1 aromatic rings. The summed E-state index contributed by atoms with van der Waals surface area (Å²) in [6.45, 7) is 0.188. The molecule has 0 saturated heterocycles. The van der Waals surface area contributed by atoms with E-state index < -0.39 is 0 Å². The Kier molecular flexibility index (Phi) is 6.21. The van der Waals surface area contributed by atoms with E-state index in [1.165, 1.54) is 12.8 Å². The maximum atomic E-state index is 11.7. The average Bonchev–Trinajstić information content (AvgIpc) is 3.04. The van der Waals surface area contributed by atoms with Gasteiger partial charge in [-0.2, -0.15) is 0 Å². The van der Waals surface area contributed by atoms with Gasteiger partial charge in [0, 0.05) is 12.1 Å². The molecule has 6 heteroatoms. The number of hydrogen-bond donors (Lipinski definition) is 3. The van der Waals surface area contributed by atoms with Gasteiger partial charge in [0.15, 0.2) is 0 Å². The highest BCUT2D eigenvalue weighted by Crippen LogP contribution is 2.26. The van der Waals surface area contributed by atoms with E-state index >= 15 is 0 Å². The second kappa shape index (κ2) is 8.38. The summed E-state index contributed by atoms with van der Waals surface area (Å²) in [5.41, 5.74) is 6.10. The first-order chi connectivity index (χ1) is 10.7. The first kappa shape index (κ1) is 16.3. The van der Waals surface area contributed by atoms with E-state index in [4.69, 9.17) is 10.5 Å². The van der Waals surface area contributed by atoms with Gasteiger partial charge in [0.1, 0.15) is 5.75 Å². The molecule has 120 valence electrons. The Morgan fingerprint density at radius 3 is 2.59 bits per heavy atom.